The molecule has 1 aromatic heterocycles. The minimum absolute atomic E-state index is 0.0619. The Balaban J connectivity index is 1.65. The fourth-order valence-corrected chi connectivity index (χ4v) is 4.12. The van der Waals surface area contributed by atoms with Gasteiger partial charge < -0.3 is 4.74 Å². The van der Waals surface area contributed by atoms with Gasteiger partial charge in [0.25, 0.3) is 0 Å². The fraction of sp³-hybridized carbons (Fsp3) is 0.333. The lowest BCUT2D eigenvalue weighted by atomic mass is 9.96. The molecule has 1 fully saturated rings. The molecule has 1 aliphatic heterocycles. The van der Waals surface area contributed by atoms with Crippen molar-refractivity contribution in [1.82, 2.24) is 14.7 Å². The molecule has 162 valence electrons. The van der Waals surface area contributed by atoms with Crippen LogP contribution in [0.25, 0.3) is 16.9 Å². The van der Waals surface area contributed by atoms with Crippen LogP contribution in [0.15, 0.2) is 48.7 Å². The molecule has 0 amide bonds. The standard InChI is InChI=1S/C24H25F2N3O2/c1-16-5-3-4-6-20(16)23-18(14-28-11-9-17(10-12-28)24(30)31-2)15-29(27-23)22-8-7-19(25)13-21(22)26/h3-8,13,15,17H,9-12,14H2,1-2H3. The summed E-state index contributed by atoms with van der Waals surface area (Å²) in [5.74, 6) is -1.50. The van der Waals surface area contributed by atoms with Crippen LogP contribution in [0.4, 0.5) is 8.78 Å². The van der Waals surface area contributed by atoms with Gasteiger partial charge in [0.2, 0.25) is 0 Å². The van der Waals surface area contributed by atoms with E-state index in [9.17, 15) is 13.6 Å². The number of piperidine rings is 1. The summed E-state index contributed by atoms with van der Waals surface area (Å²) in [4.78, 5) is 14.1. The average Bonchev–Trinajstić information content (AvgIpc) is 3.17. The smallest absolute Gasteiger partial charge is 0.308 e. The highest BCUT2D eigenvalue weighted by Crippen LogP contribution is 2.29. The van der Waals surface area contributed by atoms with E-state index < -0.39 is 11.6 Å². The summed E-state index contributed by atoms with van der Waals surface area (Å²) in [5, 5.41) is 4.68. The highest BCUT2D eigenvalue weighted by molar-refractivity contribution is 5.72. The number of halogens is 2. The van der Waals surface area contributed by atoms with E-state index in [0.717, 1.165) is 54.4 Å². The molecule has 0 unspecified atom stereocenters. The number of rotatable bonds is 5. The summed E-state index contributed by atoms with van der Waals surface area (Å²) in [5.41, 5.74) is 3.97. The van der Waals surface area contributed by atoms with E-state index in [1.165, 1.54) is 23.9 Å². The van der Waals surface area contributed by atoms with Crippen LogP contribution in [0.2, 0.25) is 0 Å². The van der Waals surface area contributed by atoms with Crippen molar-refractivity contribution in [3.63, 3.8) is 0 Å². The van der Waals surface area contributed by atoms with Crippen LogP contribution in [0.5, 0.6) is 0 Å². The maximum atomic E-state index is 14.4. The molecular formula is C24H25F2N3O2. The summed E-state index contributed by atoms with van der Waals surface area (Å²) in [7, 11) is 1.42. The first-order valence-electron chi connectivity index (χ1n) is 10.4. The summed E-state index contributed by atoms with van der Waals surface area (Å²) < 4.78 is 34.1. The lowest BCUT2D eigenvalue weighted by Crippen LogP contribution is -2.36. The first-order valence-corrected chi connectivity index (χ1v) is 10.4. The number of hydrogen-bond donors (Lipinski definition) is 0. The zero-order chi connectivity index (χ0) is 22.0. The van der Waals surface area contributed by atoms with Gasteiger partial charge in [-0.05, 0) is 50.6 Å². The Labute approximate surface area is 180 Å². The summed E-state index contributed by atoms with van der Waals surface area (Å²) in [6.45, 7) is 4.17. The number of methoxy groups -OCH3 is 1. The molecule has 1 aliphatic rings. The van der Waals surface area contributed by atoms with Gasteiger partial charge >= 0.3 is 5.97 Å². The van der Waals surface area contributed by atoms with Gasteiger partial charge in [-0.3, -0.25) is 9.69 Å². The maximum Gasteiger partial charge on any atom is 0.308 e. The molecule has 0 bridgehead atoms. The van der Waals surface area contributed by atoms with Crippen molar-refractivity contribution in [2.24, 2.45) is 5.92 Å². The van der Waals surface area contributed by atoms with Crippen LogP contribution in [0.1, 0.15) is 24.0 Å². The number of esters is 1. The number of ether oxygens (including phenoxy) is 1. The van der Waals surface area contributed by atoms with Crippen LogP contribution < -0.4 is 0 Å². The third-order valence-electron chi connectivity index (χ3n) is 5.86. The first kappa shape index (κ1) is 21.2. The Bertz CT molecular complexity index is 1090. The normalized spacial score (nSPS) is 15.2. The van der Waals surface area contributed by atoms with Crippen molar-refractivity contribution in [2.45, 2.75) is 26.3 Å². The number of carbonyl (C=O) groups excluding carboxylic acids is 1. The lowest BCUT2D eigenvalue weighted by molar-refractivity contribution is -0.147. The Morgan fingerprint density at radius 2 is 1.90 bits per heavy atom. The van der Waals surface area contributed by atoms with Gasteiger partial charge in [-0.15, -0.1) is 0 Å². The molecule has 7 heteroatoms. The van der Waals surface area contributed by atoms with Crippen LogP contribution in [-0.2, 0) is 16.1 Å². The molecule has 3 aromatic rings. The van der Waals surface area contributed by atoms with Gasteiger partial charge in [0.05, 0.1) is 18.7 Å². The molecular weight excluding hydrogens is 400 g/mol. The van der Waals surface area contributed by atoms with Crippen LogP contribution in [0.3, 0.4) is 0 Å². The van der Waals surface area contributed by atoms with E-state index in [1.54, 1.807) is 0 Å². The van der Waals surface area contributed by atoms with Gasteiger partial charge in [-0.2, -0.15) is 5.10 Å². The number of nitrogens with zero attached hydrogens (tertiary/aromatic N) is 3. The second kappa shape index (κ2) is 8.98. The quantitative estimate of drug-likeness (QED) is 0.565. The van der Waals surface area contributed by atoms with E-state index in [0.29, 0.717) is 6.54 Å². The molecule has 0 atom stereocenters. The highest BCUT2D eigenvalue weighted by atomic mass is 19.1. The lowest BCUT2D eigenvalue weighted by Gasteiger charge is -2.30. The zero-order valence-electron chi connectivity index (χ0n) is 17.6. The number of hydrogen-bond acceptors (Lipinski definition) is 4. The number of likely N-dealkylation sites (tertiary alicyclic amines) is 1. The summed E-state index contributed by atoms with van der Waals surface area (Å²) in [6, 6.07) is 11.4. The molecule has 2 heterocycles. The molecule has 0 spiro atoms. The molecule has 5 nitrogen and oxygen atoms in total. The Kier molecular flexibility index (Phi) is 6.13. The fourth-order valence-electron chi connectivity index (χ4n) is 4.12. The molecule has 1 saturated heterocycles. The van der Waals surface area contributed by atoms with E-state index in [1.807, 2.05) is 37.4 Å². The van der Waals surface area contributed by atoms with Crippen LogP contribution >= 0.6 is 0 Å². The molecule has 0 radical (unpaired) electrons. The minimum Gasteiger partial charge on any atom is -0.469 e. The van der Waals surface area contributed by atoms with E-state index in [4.69, 9.17) is 4.74 Å². The van der Waals surface area contributed by atoms with Crippen molar-refractivity contribution in [2.75, 3.05) is 20.2 Å². The Hall–Kier alpha value is -3.06. The maximum absolute atomic E-state index is 14.4. The van der Waals surface area contributed by atoms with Crippen molar-refractivity contribution >= 4 is 5.97 Å². The van der Waals surface area contributed by atoms with Crippen molar-refractivity contribution in [3.05, 3.63) is 71.4 Å². The van der Waals surface area contributed by atoms with Gasteiger partial charge in [-0.1, -0.05) is 24.3 Å². The average molecular weight is 425 g/mol. The number of benzene rings is 2. The largest absolute Gasteiger partial charge is 0.469 e. The molecule has 2 aromatic carbocycles. The monoisotopic (exact) mass is 425 g/mol. The van der Waals surface area contributed by atoms with Crippen molar-refractivity contribution in [3.8, 4) is 16.9 Å². The molecule has 0 N–H and O–H groups in total. The van der Waals surface area contributed by atoms with E-state index in [-0.39, 0.29) is 17.6 Å². The van der Waals surface area contributed by atoms with Crippen molar-refractivity contribution < 1.29 is 18.3 Å². The van der Waals surface area contributed by atoms with Crippen molar-refractivity contribution in [1.29, 1.82) is 0 Å². The third-order valence-corrected chi connectivity index (χ3v) is 5.86. The number of aromatic nitrogens is 2. The van der Waals surface area contributed by atoms with Gasteiger partial charge in [0.15, 0.2) is 5.82 Å². The summed E-state index contributed by atoms with van der Waals surface area (Å²) in [6.07, 6.45) is 3.30. The first-order chi connectivity index (χ1) is 15.0. The van der Waals surface area contributed by atoms with Gasteiger partial charge in [0, 0.05) is 29.9 Å². The second-order valence-corrected chi connectivity index (χ2v) is 7.93. The molecule has 31 heavy (non-hydrogen) atoms. The Morgan fingerprint density at radius 1 is 1.16 bits per heavy atom. The SMILES string of the molecule is COC(=O)C1CCN(Cc2cn(-c3ccc(F)cc3F)nc2-c2ccccc2C)CC1. The Morgan fingerprint density at radius 3 is 2.58 bits per heavy atom. The molecule has 4 rings (SSSR count). The van der Waals surface area contributed by atoms with E-state index in [2.05, 4.69) is 10.00 Å². The van der Waals surface area contributed by atoms with Gasteiger partial charge in [-0.25, -0.2) is 13.5 Å². The zero-order valence-corrected chi connectivity index (χ0v) is 17.6. The van der Waals surface area contributed by atoms with Crippen LogP contribution in [-0.4, -0.2) is 40.8 Å². The van der Waals surface area contributed by atoms with Crippen LogP contribution in [0, 0.1) is 24.5 Å². The number of carbonyl (C=O) groups is 1. The minimum atomic E-state index is -0.663. The van der Waals surface area contributed by atoms with Gasteiger partial charge in [0.1, 0.15) is 11.5 Å². The second-order valence-electron chi connectivity index (χ2n) is 7.93. The topological polar surface area (TPSA) is 47.4 Å². The predicted molar refractivity (Wildman–Crippen MR) is 114 cm³/mol. The predicted octanol–water partition coefficient (Wildman–Crippen LogP) is 4.51. The molecule has 0 aliphatic carbocycles. The summed E-state index contributed by atoms with van der Waals surface area (Å²) >= 11 is 0. The highest BCUT2D eigenvalue weighted by Gasteiger charge is 2.27. The van der Waals surface area contributed by atoms with E-state index >= 15 is 0 Å². The third kappa shape index (κ3) is 4.51. The number of aryl methyl sites for hydroxylation is 1. The molecule has 0 saturated carbocycles.